The van der Waals surface area contributed by atoms with Gasteiger partial charge < -0.3 is 10.2 Å². The van der Waals surface area contributed by atoms with Crippen molar-refractivity contribution >= 4 is 0 Å². The highest BCUT2D eigenvalue weighted by molar-refractivity contribution is 5.05. The van der Waals surface area contributed by atoms with Crippen molar-refractivity contribution in [2.45, 2.75) is 50.6 Å². The number of likely N-dealkylation sites (N-methyl/N-ethyl adjacent to an activating group) is 2. The number of nitrogens with zero attached hydrogens (tertiary/aromatic N) is 1. The standard InChI is InChI=1S/C14H26N2/c1-6-7-13(15-3)14(16(4)5)10-8-12(2)9-11-14/h1,12-13,15H,7-11H2,2-5H3. The molecule has 1 unspecified atom stereocenters. The van der Waals surface area contributed by atoms with E-state index < -0.39 is 0 Å². The smallest absolute Gasteiger partial charge is 0.0365 e. The van der Waals surface area contributed by atoms with Crippen molar-refractivity contribution in [1.29, 1.82) is 0 Å². The van der Waals surface area contributed by atoms with Crippen LogP contribution in [0.3, 0.4) is 0 Å². The molecule has 1 aliphatic carbocycles. The van der Waals surface area contributed by atoms with Gasteiger partial charge in [-0.25, -0.2) is 0 Å². The van der Waals surface area contributed by atoms with Crippen LogP contribution in [-0.2, 0) is 0 Å². The molecule has 16 heavy (non-hydrogen) atoms. The lowest BCUT2D eigenvalue weighted by Gasteiger charge is -2.49. The van der Waals surface area contributed by atoms with Gasteiger partial charge in [-0.2, -0.15) is 0 Å². The van der Waals surface area contributed by atoms with E-state index in [1.54, 1.807) is 0 Å². The highest BCUT2D eigenvalue weighted by atomic mass is 15.2. The van der Waals surface area contributed by atoms with Gasteiger partial charge in [0.2, 0.25) is 0 Å². The lowest BCUT2D eigenvalue weighted by molar-refractivity contribution is 0.0477. The fraction of sp³-hybridized carbons (Fsp3) is 0.857. The first kappa shape index (κ1) is 13.5. The molecule has 1 saturated carbocycles. The molecule has 0 aromatic rings. The van der Waals surface area contributed by atoms with Crippen LogP contribution < -0.4 is 5.32 Å². The average Bonchev–Trinajstić information content (AvgIpc) is 2.27. The summed E-state index contributed by atoms with van der Waals surface area (Å²) in [5.74, 6) is 3.69. The molecule has 1 atom stereocenters. The Morgan fingerprint density at radius 3 is 2.38 bits per heavy atom. The second kappa shape index (κ2) is 5.70. The van der Waals surface area contributed by atoms with E-state index >= 15 is 0 Å². The summed E-state index contributed by atoms with van der Waals surface area (Å²) in [5.41, 5.74) is 0.258. The molecule has 2 heteroatoms. The molecule has 0 spiro atoms. The Kier molecular flexibility index (Phi) is 4.83. The van der Waals surface area contributed by atoms with Crippen LogP contribution in [0.25, 0.3) is 0 Å². The van der Waals surface area contributed by atoms with E-state index in [0.717, 1.165) is 12.3 Å². The summed E-state index contributed by atoms with van der Waals surface area (Å²) in [6.07, 6.45) is 11.5. The van der Waals surface area contributed by atoms with Crippen molar-refractivity contribution in [3.05, 3.63) is 0 Å². The number of terminal acetylenes is 1. The Morgan fingerprint density at radius 2 is 2.00 bits per heavy atom. The first-order valence-electron chi connectivity index (χ1n) is 6.35. The van der Waals surface area contributed by atoms with Gasteiger partial charge in [0.1, 0.15) is 0 Å². The van der Waals surface area contributed by atoms with E-state index in [2.05, 4.69) is 37.2 Å². The quantitative estimate of drug-likeness (QED) is 0.733. The Balaban J connectivity index is 2.83. The summed E-state index contributed by atoms with van der Waals surface area (Å²) in [5, 5.41) is 3.43. The predicted molar refractivity (Wildman–Crippen MR) is 70.3 cm³/mol. The van der Waals surface area contributed by atoms with E-state index in [1.165, 1.54) is 25.7 Å². The molecule has 0 bridgehead atoms. The van der Waals surface area contributed by atoms with Gasteiger partial charge in [0, 0.05) is 18.0 Å². The van der Waals surface area contributed by atoms with Crippen molar-refractivity contribution in [2.24, 2.45) is 5.92 Å². The number of hydrogen-bond donors (Lipinski definition) is 1. The fourth-order valence-electron chi connectivity index (χ4n) is 3.05. The number of rotatable bonds is 4. The maximum atomic E-state index is 5.49. The van der Waals surface area contributed by atoms with E-state index in [1.807, 2.05) is 7.05 Å². The third kappa shape index (κ3) is 2.59. The Morgan fingerprint density at radius 1 is 1.44 bits per heavy atom. The summed E-state index contributed by atoms with van der Waals surface area (Å²) < 4.78 is 0. The van der Waals surface area contributed by atoms with Gasteiger partial charge in [0.15, 0.2) is 0 Å². The van der Waals surface area contributed by atoms with Crippen molar-refractivity contribution in [3.8, 4) is 12.3 Å². The zero-order valence-corrected chi connectivity index (χ0v) is 11.2. The average molecular weight is 222 g/mol. The van der Waals surface area contributed by atoms with Gasteiger partial charge in [-0.15, -0.1) is 12.3 Å². The molecule has 1 N–H and O–H groups in total. The van der Waals surface area contributed by atoms with Crippen LogP contribution in [-0.4, -0.2) is 37.6 Å². The SMILES string of the molecule is C#CCC(NC)C1(N(C)C)CCC(C)CC1. The van der Waals surface area contributed by atoms with Crippen molar-refractivity contribution < 1.29 is 0 Å². The summed E-state index contributed by atoms with van der Waals surface area (Å²) in [6, 6.07) is 0.417. The molecular formula is C14H26N2. The van der Waals surface area contributed by atoms with Gasteiger partial charge in [0.05, 0.1) is 0 Å². The second-order valence-corrected chi connectivity index (χ2v) is 5.43. The molecular weight excluding hydrogens is 196 g/mol. The fourth-order valence-corrected chi connectivity index (χ4v) is 3.05. The Bertz CT molecular complexity index is 244. The van der Waals surface area contributed by atoms with Crippen molar-refractivity contribution in [1.82, 2.24) is 10.2 Å². The molecule has 0 aromatic heterocycles. The predicted octanol–water partition coefficient (Wildman–Crippen LogP) is 2.11. The number of hydrogen-bond acceptors (Lipinski definition) is 2. The lowest BCUT2D eigenvalue weighted by Crippen LogP contribution is -2.59. The summed E-state index contributed by atoms with van der Waals surface area (Å²) in [7, 11) is 6.42. The maximum absolute atomic E-state index is 5.49. The molecule has 0 amide bonds. The van der Waals surface area contributed by atoms with Crippen LogP contribution in [0.15, 0.2) is 0 Å². The highest BCUT2D eigenvalue weighted by Gasteiger charge is 2.41. The van der Waals surface area contributed by atoms with E-state index in [-0.39, 0.29) is 5.54 Å². The molecule has 0 heterocycles. The van der Waals surface area contributed by atoms with Gasteiger partial charge >= 0.3 is 0 Å². The zero-order valence-electron chi connectivity index (χ0n) is 11.2. The van der Waals surface area contributed by atoms with Crippen LogP contribution in [0.1, 0.15) is 39.0 Å². The van der Waals surface area contributed by atoms with Crippen molar-refractivity contribution in [3.63, 3.8) is 0 Å². The molecule has 1 aliphatic rings. The Hall–Kier alpha value is -0.520. The molecule has 92 valence electrons. The zero-order chi connectivity index (χ0) is 12.2. The molecule has 0 aromatic carbocycles. The molecule has 1 fully saturated rings. The third-order valence-electron chi connectivity index (χ3n) is 4.35. The monoisotopic (exact) mass is 222 g/mol. The van der Waals surface area contributed by atoms with Crippen LogP contribution in [0, 0.1) is 18.3 Å². The maximum Gasteiger partial charge on any atom is 0.0365 e. The lowest BCUT2D eigenvalue weighted by atomic mass is 9.71. The van der Waals surface area contributed by atoms with Crippen LogP contribution in [0.4, 0.5) is 0 Å². The first-order valence-corrected chi connectivity index (χ1v) is 6.35. The summed E-state index contributed by atoms with van der Waals surface area (Å²) in [4.78, 5) is 2.39. The van der Waals surface area contributed by atoms with E-state index in [0.29, 0.717) is 6.04 Å². The van der Waals surface area contributed by atoms with Gasteiger partial charge in [-0.05, 0) is 52.7 Å². The molecule has 0 aliphatic heterocycles. The minimum atomic E-state index is 0.258. The highest BCUT2D eigenvalue weighted by Crippen LogP contribution is 2.38. The molecule has 0 saturated heterocycles. The first-order chi connectivity index (χ1) is 7.56. The largest absolute Gasteiger partial charge is 0.314 e. The van der Waals surface area contributed by atoms with E-state index in [9.17, 15) is 0 Å². The van der Waals surface area contributed by atoms with Gasteiger partial charge in [-0.3, -0.25) is 0 Å². The van der Waals surface area contributed by atoms with Gasteiger partial charge in [-0.1, -0.05) is 6.92 Å². The minimum Gasteiger partial charge on any atom is -0.314 e. The molecule has 0 radical (unpaired) electrons. The number of nitrogens with one attached hydrogen (secondary N) is 1. The summed E-state index contributed by atoms with van der Waals surface area (Å²) >= 11 is 0. The molecule has 2 nitrogen and oxygen atoms in total. The van der Waals surface area contributed by atoms with Crippen LogP contribution in [0.2, 0.25) is 0 Å². The van der Waals surface area contributed by atoms with Gasteiger partial charge in [0.25, 0.3) is 0 Å². The van der Waals surface area contributed by atoms with E-state index in [4.69, 9.17) is 6.42 Å². The topological polar surface area (TPSA) is 15.3 Å². The minimum absolute atomic E-state index is 0.258. The van der Waals surface area contributed by atoms with Crippen molar-refractivity contribution in [2.75, 3.05) is 21.1 Å². The normalized spacial score (nSPS) is 32.4. The molecule has 1 rings (SSSR count). The van der Waals surface area contributed by atoms with Crippen LogP contribution in [0.5, 0.6) is 0 Å². The van der Waals surface area contributed by atoms with Crippen LogP contribution >= 0.6 is 0 Å². The second-order valence-electron chi connectivity index (χ2n) is 5.43. The summed E-state index contributed by atoms with van der Waals surface area (Å²) in [6.45, 7) is 2.36. The Labute approximate surface area is 101 Å². The third-order valence-corrected chi connectivity index (χ3v) is 4.35.